The molecule has 0 amide bonds. The summed E-state index contributed by atoms with van der Waals surface area (Å²) in [5.74, 6) is -2.75. The van der Waals surface area contributed by atoms with Crippen molar-refractivity contribution >= 4 is 21.9 Å². The Labute approximate surface area is 117 Å². The Morgan fingerprint density at radius 2 is 2.05 bits per heavy atom. The van der Waals surface area contributed by atoms with E-state index in [-0.39, 0.29) is 11.0 Å². The first-order valence-corrected chi connectivity index (χ1v) is 6.10. The predicted octanol–water partition coefficient (Wildman–Crippen LogP) is 3.44. The van der Waals surface area contributed by atoms with Crippen molar-refractivity contribution < 1.29 is 36.6 Å². The van der Waals surface area contributed by atoms with Crippen molar-refractivity contribution in [2.24, 2.45) is 0 Å². The second kappa shape index (κ2) is 6.33. The van der Waals surface area contributed by atoms with Crippen LogP contribution >= 0.6 is 15.9 Å². The third-order valence-corrected chi connectivity index (χ3v) is 2.66. The monoisotopic (exact) mass is 363 g/mol. The van der Waals surface area contributed by atoms with E-state index < -0.39 is 42.2 Å². The lowest BCUT2D eigenvalue weighted by Gasteiger charge is -2.15. The molecule has 1 heterocycles. The van der Waals surface area contributed by atoms with Crippen LogP contribution in [-0.4, -0.2) is 22.4 Å². The van der Waals surface area contributed by atoms with Crippen molar-refractivity contribution in [3.8, 4) is 5.88 Å². The van der Waals surface area contributed by atoms with Crippen molar-refractivity contribution in [2.75, 3.05) is 0 Å². The number of carboxylic acids is 1. The summed E-state index contributed by atoms with van der Waals surface area (Å²) in [5.41, 5.74) is -1.78. The number of pyridine rings is 1. The van der Waals surface area contributed by atoms with Gasteiger partial charge in [-0.3, -0.25) is 4.79 Å². The number of aliphatic carboxylic acids is 1. The third kappa shape index (κ3) is 4.58. The van der Waals surface area contributed by atoms with Gasteiger partial charge in [-0.2, -0.15) is 0 Å². The summed E-state index contributed by atoms with van der Waals surface area (Å²) < 4.78 is 65.9. The molecule has 1 aromatic heterocycles. The van der Waals surface area contributed by atoms with Gasteiger partial charge in [-0.25, -0.2) is 13.8 Å². The van der Waals surface area contributed by atoms with Crippen LogP contribution in [0.5, 0.6) is 5.88 Å². The van der Waals surface area contributed by atoms with E-state index in [9.17, 15) is 26.7 Å². The SMILES string of the molecule is O=C(O)Cc1c(C(F)F)cc(CBr)nc1OC(F)(F)F. The summed E-state index contributed by atoms with van der Waals surface area (Å²) in [4.78, 5) is 14.0. The molecule has 0 saturated carbocycles. The highest BCUT2D eigenvalue weighted by Crippen LogP contribution is 2.33. The Bertz CT molecular complexity index is 506. The largest absolute Gasteiger partial charge is 0.574 e. The molecule has 0 saturated heterocycles. The molecule has 0 spiro atoms. The first-order valence-electron chi connectivity index (χ1n) is 4.98. The van der Waals surface area contributed by atoms with Gasteiger partial charge in [0.2, 0.25) is 5.88 Å². The van der Waals surface area contributed by atoms with Crippen LogP contribution in [0.1, 0.15) is 23.2 Å². The highest BCUT2D eigenvalue weighted by Gasteiger charge is 2.34. The van der Waals surface area contributed by atoms with Gasteiger partial charge in [0.1, 0.15) is 0 Å². The molecule has 0 aromatic carbocycles. The van der Waals surface area contributed by atoms with Crippen molar-refractivity contribution in [3.05, 3.63) is 22.9 Å². The van der Waals surface area contributed by atoms with Crippen molar-refractivity contribution in [1.82, 2.24) is 4.98 Å². The van der Waals surface area contributed by atoms with E-state index in [4.69, 9.17) is 5.11 Å². The maximum atomic E-state index is 12.8. The number of aromatic nitrogens is 1. The van der Waals surface area contributed by atoms with E-state index in [0.29, 0.717) is 0 Å². The Kier molecular flexibility index (Phi) is 5.26. The number of hydrogen-bond donors (Lipinski definition) is 1. The van der Waals surface area contributed by atoms with Crippen molar-refractivity contribution in [1.29, 1.82) is 0 Å². The Morgan fingerprint density at radius 3 is 2.45 bits per heavy atom. The lowest BCUT2D eigenvalue weighted by Crippen LogP contribution is -2.21. The van der Waals surface area contributed by atoms with Gasteiger partial charge in [-0.1, -0.05) is 15.9 Å². The van der Waals surface area contributed by atoms with Gasteiger partial charge in [-0.05, 0) is 6.07 Å². The maximum absolute atomic E-state index is 12.8. The molecule has 0 aliphatic carbocycles. The second-order valence-corrected chi connectivity index (χ2v) is 4.10. The molecular formula is C10H7BrF5NO3. The summed E-state index contributed by atoms with van der Waals surface area (Å²) in [6.45, 7) is 0. The van der Waals surface area contributed by atoms with Crippen LogP contribution in [0.3, 0.4) is 0 Å². The van der Waals surface area contributed by atoms with Crippen LogP contribution in [0, 0.1) is 0 Å². The standard InChI is InChI=1S/C10H7BrF5NO3/c11-3-4-1-5(8(12)13)6(2-7(18)19)9(17-4)20-10(14,15)16/h1,8H,2-3H2,(H,18,19). The van der Waals surface area contributed by atoms with Gasteiger partial charge in [0.15, 0.2) is 0 Å². The smallest absolute Gasteiger partial charge is 0.481 e. The molecule has 112 valence electrons. The molecule has 0 radical (unpaired) electrons. The molecule has 1 aromatic rings. The first kappa shape index (κ1) is 16.6. The molecule has 1 rings (SSSR count). The molecule has 10 heteroatoms. The molecule has 0 fully saturated rings. The normalized spacial score (nSPS) is 11.8. The number of carboxylic acid groups (broad SMARTS) is 1. The zero-order valence-electron chi connectivity index (χ0n) is 9.55. The van der Waals surface area contributed by atoms with Crippen LogP contribution in [0.15, 0.2) is 6.07 Å². The number of halogens is 6. The molecule has 0 aliphatic rings. The highest BCUT2D eigenvalue weighted by molar-refractivity contribution is 9.08. The average Bonchev–Trinajstić information content (AvgIpc) is 2.28. The molecule has 0 bridgehead atoms. The molecule has 0 atom stereocenters. The zero-order chi connectivity index (χ0) is 15.5. The minimum absolute atomic E-state index is 0.0890. The predicted molar refractivity (Wildman–Crippen MR) is 59.8 cm³/mol. The number of alkyl halides is 6. The molecule has 1 N–H and O–H groups in total. The third-order valence-electron chi connectivity index (χ3n) is 2.09. The molecule has 0 unspecified atom stereocenters. The highest BCUT2D eigenvalue weighted by atomic mass is 79.9. The van der Waals surface area contributed by atoms with Gasteiger partial charge in [0.25, 0.3) is 6.43 Å². The average molecular weight is 364 g/mol. The lowest BCUT2D eigenvalue weighted by atomic mass is 10.1. The van der Waals surface area contributed by atoms with E-state index in [1.54, 1.807) is 0 Å². The minimum Gasteiger partial charge on any atom is -0.481 e. The number of hydrogen-bond acceptors (Lipinski definition) is 3. The van der Waals surface area contributed by atoms with Gasteiger partial charge in [0.05, 0.1) is 12.1 Å². The topological polar surface area (TPSA) is 59.4 Å². The van der Waals surface area contributed by atoms with E-state index in [2.05, 4.69) is 25.7 Å². The molecule has 4 nitrogen and oxygen atoms in total. The maximum Gasteiger partial charge on any atom is 0.574 e. The fourth-order valence-corrected chi connectivity index (χ4v) is 1.69. The number of carbonyl (C=O) groups is 1. The van der Waals surface area contributed by atoms with Crippen molar-refractivity contribution in [3.63, 3.8) is 0 Å². The van der Waals surface area contributed by atoms with Crippen LogP contribution in [0.4, 0.5) is 22.0 Å². The van der Waals surface area contributed by atoms with E-state index >= 15 is 0 Å². The minimum atomic E-state index is -5.16. The summed E-state index contributed by atoms with van der Waals surface area (Å²) >= 11 is 2.87. The van der Waals surface area contributed by atoms with Gasteiger partial charge in [0, 0.05) is 16.5 Å². The van der Waals surface area contributed by atoms with Gasteiger partial charge >= 0.3 is 12.3 Å². The van der Waals surface area contributed by atoms with Crippen LogP contribution in [0.2, 0.25) is 0 Å². The number of nitrogens with zero attached hydrogens (tertiary/aromatic N) is 1. The molecule has 20 heavy (non-hydrogen) atoms. The Hall–Kier alpha value is -1.45. The summed E-state index contributed by atoms with van der Waals surface area (Å²) in [6.07, 6.45) is -9.37. The van der Waals surface area contributed by atoms with Gasteiger partial charge < -0.3 is 9.84 Å². The number of rotatable bonds is 5. The quantitative estimate of drug-likeness (QED) is 0.643. The summed E-state index contributed by atoms with van der Waals surface area (Å²) in [7, 11) is 0. The second-order valence-electron chi connectivity index (χ2n) is 3.54. The van der Waals surface area contributed by atoms with E-state index in [1.807, 2.05) is 0 Å². The number of ether oxygens (including phenoxy) is 1. The zero-order valence-corrected chi connectivity index (χ0v) is 11.1. The summed E-state index contributed by atoms with van der Waals surface area (Å²) in [6, 6.07) is 0.834. The lowest BCUT2D eigenvalue weighted by molar-refractivity contribution is -0.276. The van der Waals surface area contributed by atoms with E-state index in [0.717, 1.165) is 6.07 Å². The fraction of sp³-hybridized carbons (Fsp3) is 0.400. The Balaban J connectivity index is 3.42. The van der Waals surface area contributed by atoms with Crippen LogP contribution < -0.4 is 4.74 Å². The van der Waals surface area contributed by atoms with Gasteiger partial charge in [-0.15, -0.1) is 13.2 Å². The first-order chi connectivity index (χ1) is 9.14. The summed E-state index contributed by atoms with van der Waals surface area (Å²) in [5, 5.41) is 8.51. The van der Waals surface area contributed by atoms with E-state index in [1.165, 1.54) is 0 Å². The van der Waals surface area contributed by atoms with Crippen molar-refractivity contribution in [2.45, 2.75) is 24.5 Å². The molecular weight excluding hydrogens is 357 g/mol. The van der Waals surface area contributed by atoms with Crippen LogP contribution in [-0.2, 0) is 16.5 Å². The van der Waals surface area contributed by atoms with Crippen LogP contribution in [0.25, 0.3) is 0 Å². The fourth-order valence-electron chi connectivity index (χ4n) is 1.41. The Morgan fingerprint density at radius 1 is 1.45 bits per heavy atom. The molecule has 0 aliphatic heterocycles.